The van der Waals surface area contributed by atoms with E-state index in [1.165, 1.54) is 0 Å². The molecule has 0 spiro atoms. The van der Waals surface area contributed by atoms with Crippen LogP contribution in [-0.2, 0) is 9.59 Å². The maximum absolute atomic E-state index is 12.0. The summed E-state index contributed by atoms with van der Waals surface area (Å²) < 4.78 is 0. The predicted octanol–water partition coefficient (Wildman–Crippen LogP) is 1.60. The van der Waals surface area contributed by atoms with Crippen LogP contribution < -0.4 is 0 Å². The van der Waals surface area contributed by atoms with E-state index in [1.54, 1.807) is 4.90 Å². The lowest BCUT2D eigenvalue weighted by Gasteiger charge is -2.24. The van der Waals surface area contributed by atoms with Gasteiger partial charge >= 0.3 is 5.97 Å². The quantitative estimate of drug-likeness (QED) is 0.750. The van der Waals surface area contributed by atoms with Crippen molar-refractivity contribution >= 4 is 11.9 Å². The molecule has 0 aliphatic heterocycles. The highest BCUT2D eigenvalue weighted by molar-refractivity contribution is 5.89. The van der Waals surface area contributed by atoms with E-state index in [1.807, 2.05) is 6.92 Å². The molecule has 0 aromatic rings. The molecule has 0 saturated heterocycles. The molecule has 1 unspecified atom stereocenters. The van der Waals surface area contributed by atoms with Crippen LogP contribution >= 0.6 is 0 Å². The molecule has 1 N–H and O–H groups in total. The van der Waals surface area contributed by atoms with Gasteiger partial charge in [-0.2, -0.15) is 0 Å². The molecule has 16 heavy (non-hydrogen) atoms. The lowest BCUT2D eigenvalue weighted by atomic mass is 10.1. The van der Waals surface area contributed by atoms with Gasteiger partial charge in [0, 0.05) is 13.1 Å². The zero-order chi connectivity index (χ0) is 12.3. The number of rotatable bonds is 6. The van der Waals surface area contributed by atoms with E-state index >= 15 is 0 Å². The maximum atomic E-state index is 12.0. The number of aliphatic carboxylic acids is 1. The van der Waals surface area contributed by atoms with Crippen LogP contribution in [0.3, 0.4) is 0 Å². The Morgan fingerprint density at radius 2 is 2.00 bits per heavy atom. The summed E-state index contributed by atoms with van der Waals surface area (Å²) in [5, 5.41) is 8.78. The summed E-state index contributed by atoms with van der Waals surface area (Å²) in [5.41, 5.74) is 0. The predicted molar refractivity (Wildman–Crippen MR) is 60.9 cm³/mol. The molecule has 1 aliphatic rings. The zero-order valence-corrected chi connectivity index (χ0v) is 10.3. The number of amides is 1. The van der Waals surface area contributed by atoms with Crippen molar-refractivity contribution in [1.82, 2.24) is 4.90 Å². The Morgan fingerprint density at radius 1 is 1.38 bits per heavy atom. The third-order valence-corrected chi connectivity index (χ3v) is 3.35. The Labute approximate surface area is 96.6 Å². The Kier molecular flexibility index (Phi) is 4.33. The third-order valence-electron chi connectivity index (χ3n) is 3.35. The molecule has 4 nitrogen and oxygen atoms in total. The van der Waals surface area contributed by atoms with Crippen molar-refractivity contribution in [2.24, 2.45) is 17.8 Å². The summed E-state index contributed by atoms with van der Waals surface area (Å²) in [5.74, 6) is -1.03. The van der Waals surface area contributed by atoms with E-state index in [0.717, 1.165) is 13.0 Å². The van der Waals surface area contributed by atoms with Crippen LogP contribution in [0.25, 0.3) is 0 Å². The molecule has 1 amide bonds. The van der Waals surface area contributed by atoms with Crippen molar-refractivity contribution < 1.29 is 14.7 Å². The molecular formula is C12H21NO3. The smallest absolute Gasteiger partial charge is 0.307 e. The molecule has 1 fully saturated rings. The maximum Gasteiger partial charge on any atom is 0.307 e. The molecule has 0 aromatic carbocycles. The molecule has 1 saturated carbocycles. The summed E-state index contributed by atoms with van der Waals surface area (Å²) >= 11 is 0. The second kappa shape index (κ2) is 5.32. The van der Waals surface area contributed by atoms with Gasteiger partial charge in [-0.3, -0.25) is 9.59 Å². The van der Waals surface area contributed by atoms with Crippen LogP contribution in [0.5, 0.6) is 0 Å². The molecule has 1 aliphatic carbocycles. The van der Waals surface area contributed by atoms with Crippen molar-refractivity contribution in [2.45, 2.75) is 33.6 Å². The van der Waals surface area contributed by atoms with Crippen LogP contribution in [0.1, 0.15) is 33.6 Å². The summed E-state index contributed by atoms with van der Waals surface area (Å²) in [4.78, 5) is 24.5. The van der Waals surface area contributed by atoms with Gasteiger partial charge in [-0.1, -0.05) is 20.3 Å². The highest BCUT2D eigenvalue weighted by atomic mass is 16.4. The molecule has 92 valence electrons. The molecule has 1 rings (SSSR count). The van der Waals surface area contributed by atoms with Crippen LogP contribution in [0.4, 0.5) is 0 Å². The molecule has 0 bridgehead atoms. The monoisotopic (exact) mass is 227 g/mol. The van der Waals surface area contributed by atoms with Crippen LogP contribution in [0.15, 0.2) is 0 Å². The lowest BCUT2D eigenvalue weighted by Crippen LogP contribution is -2.36. The number of carboxylic acids is 1. The van der Waals surface area contributed by atoms with E-state index < -0.39 is 11.9 Å². The highest BCUT2D eigenvalue weighted by Gasteiger charge is 2.49. The van der Waals surface area contributed by atoms with Gasteiger partial charge in [0.15, 0.2) is 0 Å². The van der Waals surface area contributed by atoms with E-state index in [4.69, 9.17) is 5.11 Å². The first-order valence-corrected chi connectivity index (χ1v) is 6.02. The first-order valence-electron chi connectivity index (χ1n) is 6.02. The Hall–Kier alpha value is -1.06. The summed E-state index contributed by atoms with van der Waals surface area (Å²) in [6.45, 7) is 7.57. The normalized spacial score (nSPS) is 24.9. The van der Waals surface area contributed by atoms with Crippen LogP contribution in [0, 0.1) is 17.8 Å². The second-order valence-corrected chi connectivity index (χ2v) is 4.68. The zero-order valence-electron chi connectivity index (χ0n) is 10.3. The Balaban J connectivity index is 2.48. The largest absolute Gasteiger partial charge is 0.481 e. The van der Waals surface area contributed by atoms with Gasteiger partial charge in [0.05, 0.1) is 11.8 Å². The molecule has 0 radical (unpaired) electrons. The summed E-state index contributed by atoms with van der Waals surface area (Å²) in [7, 11) is 0. The second-order valence-electron chi connectivity index (χ2n) is 4.68. The highest BCUT2D eigenvalue weighted by Crippen LogP contribution is 2.40. The fraction of sp³-hybridized carbons (Fsp3) is 0.833. The van der Waals surface area contributed by atoms with E-state index in [2.05, 4.69) is 13.8 Å². The standard InChI is InChI=1S/C12H21NO3/c1-4-8(3)7-13(5-2)11(14)9-6-10(9)12(15)16/h8-10H,4-7H2,1-3H3,(H,15,16)/t8?,9-,10+/m1/s1. The van der Waals surface area contributed by atoms with Gasteiger partial charge in [0.1, 0.15) is 0 Å². The number of hydrogen-bond donors (Lipinski definition) is 1. The van der Waals surface area contributed by atoms with E-state index in [9.17, 15) is 9.59 Å². The van der Waals surface area contributed by atoms with Crippen molar-refractivity contribution in [2.75, 3.05) is 13.1 Å². The molecule has 0 aromatic heterocycles. The molecular weight excluding hydrogens is 206 g/mol. The minimum absolute atomic E-state index is 0.0233. The SMILES string of the molecule is CCC(C)CN(CC)C(=O)[C@@H]1C[C@@H]1C(=O)O. The number of carbonyl (C=O) groups is 2. The van der Waals surface area contributed by atoms with Gasteiger partial charge in [-0.05, 0) is 19.3 Å². The van der Waals surface area contributed by atoms with Gasteiger partial charge in [-0.25, -0.2) is 0 Å². The number of carboxylic acid groups (broad SMARTS) is 1. The van der Waals surface area contributed by atoms with E-state index in [-0.39, 0.29) is 11.8 Å². The fourth-order valence-corrected chi connectivity index (χ4v) is 1.86. The first kappa shape index (κ1) is 13.0. The minimum Gasteiger partial charge on any atom is -0.481 e. The van der Waals surface area contributed by atoms with Gasteiger partial charge in [-0.15, -0.1) is 0 Å². The molecule has 0 heterocycles. The summed E-state index contributed by atoms with van der Waals surface area (Å²) in [6.07, 6.45) is 1.56. The van der Waals surface area contributed by atoms with E-state index in [0.29, 0.717) is 18.9 Å². The summed E-state index contributed by atoms with van der Waals surface area (Å²) in [6, 6.07) is 0. The van der Waals surface area contributed by atoms with Gasteiger partial charge in [0.2, 0.25) is 5.91 Å². The molecule has 4 heteroatoms. The molecule has 3 atom stereocenters. The van der Waals surface area contributed by atoms with Crippen LogP contribution in [0.2, 0.25) is 0 Å². The lowest BCUT2D eigenvalue weighted by molar-refractivity contribution is -0.142. The average Bonchev–Trinajstić information content (AvgIpc) is 3.04. The van der Waals surface area contributed by atoms with Gasteiger partial charge < -0.3 is 10.0 Å². The number of nitrogens with zero attached hydrogens (tertiary/aromatic N) is 1. The third kappa shape index (κ3) is 2.97. The van der Waals surface area contributed by atoms with Crippen molar-refractivity contribution in [3.05, 3.63) is 0 Å². The number of carbonyl (C=O) groups excluding carboxylic acids is 1. The van der Waals surface area contributed by atoms with Crippen LogP contribution in [-0.4, -0.2) is 35.0 Å². The Bertz CT molecular complexity index is 277. The van der Waals surface area contributed by atoms with Crippen molar-refractivity contribution in [3.63, 3.8) is 0 Å². The fourth-order valence-electron chi connectivity index (χ4n) is 1.86. The minimum atomic E-state index is -0.835. The first-order chi connectivity index (χ1) is 7.51. The average molecular weight is 227 g/mol. The topological polar surface area (TPSA) is 57.6 Å². The Morgan fingerprint density at radius 3 is 2.38 bits per heavy atom. The van der Waals surface area contributed by atoms with Gasteiger partial charge in [0.25, 0.3) is 0 Å². The van der Waals surface area contributed by atoms with Crippen molar-refractivity contribution in [1.29, 1.82) is 0 Å². The number of hydrogen-bond acceptors (Lipinski definition) is 2. The van der Waals surface area contributed by atoms with Crippen molar-refractivity contribution in [3.8, 4) is 0 Å².